The van der Waals surface area contributed by atoms with Crippen molar-refractivity contribution in [3.05, 3.63) is 89.5 Å². The van der Waals surface area contributed by atoms with E-state index in [-0.39, 0.29) is 5.56 Å². The molecule has 0 radical (unpaired) electrons. The molecule has 0 saturated carbocycles. The molecule has 24 heavy (non-hydrogen) atoms. The van der Waals surface area contributed by atoms with Gasteiger partial charge in [0.05, 0.1) is 5.56 Å². The van der Waals surface area contributed by atoms with E-state index < -0.39 is 5.97 Å². The van der Waals surface area contributed by atoms with Crippen molar-refractivity contribution in [2.75, 3.05) is 0 Å². The van der Waals surface area contributed by atoms with Gasteiger partial charge in [0.2, 0.25) is 0 Å². The molecule has 120 valence electrons. The molecule has 3 aromatic rings. The third-order valence-corrected chi connectivity index (χ3v) is 3.82. The van der Waals surface area contributed by atoms with Crippen LogP contribution in [0.2, 0.25) is 0 Å². The quantitative estimate of drug-likeness (QED) is 0.725. The molecule has 0 bridgehead atoms. The van der Waals surface area contributed by atoms with Gasteiger partial charge in [-0.1, -0.05) is 54.1 Å². The monoisotopic (exact) mass is 318 g/mol. The fraction of sp³-hybridized carbons (Fsp3) is 0.0952. The zero-order valence-corrected chi connectivity index (χ0v) is 13.4. The Balaban J connectivity index is 1.67. The Hall–Kier alpha value is -3.07. The SMILES string of the molecule is Cc1ccc(-c2ccc(OCc3cccc(C(=O)O)c3)cc2)cc1. The van der Waals surface area contributed by atoms with Crippen LogP contribution in [-0.2, 0) is 6.61 Å². The predicted octanol–water partition coefficient (Wildman–Crippen LogP) is 4.94. The second-order valence-electron chi connectivity index (χ2n) is 5.68. The number of aromatic carboxylic acids is 1. The smallest absolute Gasteiger partial charge is 0.335 e. The van der Waals surface area contributed by atoms with Crippen LogP contribution in [0, 0.1) is 6.92 Å². The summed E-state index contributed by atoms with van der Waals surface area (Å²) in [6, 6.07) is 23.1. The fourth-order valence-corrected chi connectivity index (χ4v) is 2.45. The Morgan fingerprint density at radius 3 is 2.17 bits per heavy atom. The lowest BCUT2D eigenvalue weighted by molar-refractivity contribution is 0.0696. The van der Waals surface area contributed by atoms with Crippen molar-refractivity contribution in [3.8, 4) is 16.9 Å². The Morgan fingerprint density at radius 1 is 0.917 bits per heavy atom. The van der Waals surface area contributed by atoms with Crippen molar-refractivity contribution < 1.29 is 14.6 Å². The summed E-state index contributed by atoms with van der Waals surface area (Å²) in [5.41, 5.74) is 4.64. The first-order valence-corrected chi connectivity index (χ1v) is 7.74. The van der Waals surface area contributed by atoms with Crippen LogP contribution in [0.1, 0.15) is 21.5 Å². The minimum absolute atomic E-state index is 0.269. The first-order valence-electron chi connectivity index (χ1n) is 7.74. The number of aryl methyl sites for hydroxylation is 1. The molecule has 0 atom stereocenters. The van der Waals surface area contributed by atoms with Gasteiger partial charge in [0.15, 0.2) is 0 Å². The van der Waals surface area contributed by atoms with Gasteiger partial charge in [0.25, 0.3) is 0 Å². The van der Waals surface area contributed by atoms with Gasteiger partial charge in [-0.3, -0.25) is 0 Å². The molecule has 0 spiro atoms. The third kappa shape index (κ3) is 3.82. The van der Waals surface area contributed by atoms with E-state index in [0.29, 0.717) is 6.61 Å². The highest BCUT2D eigenvalue weighted by Crippen LogP contribution is 2.23. The number of carbonyl (C=O) groups is 1. The summed E-state index contributed by atoms with van der Waals surface area (Å²) in [4.78, 5) is 11.0. The van der Waals surface area contributed by atoms with Gasteiger partial charge in [-0.15, -0.1) is 0 Å². The Kier molecular flexibility index (Phi) is 4.62. The maximum atomic E-state index is 11.0. The van der Waals surface area contributed by atoms with Gasteiger partial charge in [-0.05, 0) is 47.9 Å². The molecule has 3 rings (SSSR count). The molecule has 0 aliphatic rings. The maximum Gasteiger partial charge on any atom is 0.335 e. The summed E-state index contributed by atoms with van der Waals surface area (Å²) in [6.07, 6.45) is 0. The van der Waals surface area contributed by atoms with Crippen LogP contribution in [0.4, 0.5) is 0 Å². The van der Waals surface area contributed by atoms with Crippen molar-refractivity contribution in [2.45, 2.75) is 13.5 Å². The van der Waals surface area contributed by atoms with Crippen molar-refractivity contribution in [1.82, 2.24) is 0 Å². The van der Waals surface area contributed by atoms with Crippen LogP contribution in [0.5, 0.6) is 5.75 Å². The molecule has 0 saturated heterocycles. The number of carboxylic acids is 1. The number of hydrogen-bond donors (Lipinski definition) is 1. The zero-order chi connectivity index (χ0) is 16.9. The van der Waals surface area contributed by atoms with Crippen molar-refractivity contribution in [1.29, 1.82) is 0 Å². The van der Waals surface area contributed by atoms with Gasteiger partial charge in [0.1, 0.15) is 12.4 Å². The van der Waals surface area contributed by atoms with E-state index in [1.54, 1.807) is 18.2 Å². The number of benzene rings is 3. The highest BCUT2D eigenvalue weighted by molar-refractivity contribution is 5.87. The molecular formula is C21H18O3. The lowest BCUT2D eigenvalue weighted by Gasteiger charge is -2.08. The van der Waals surface area contributed by atoms with Gasteiger partial charge in [-0.2, -0.15) is 0 Å². The van der Waals surface area contributed by atoms with Crippen LogP contribution in [0.25, 0.3) is 11.1 Å². The fourth-order valence-electron chi connectivity index (χ4n) is 2.45. The molecule has 3 heteroatoms. The van der Waals surface area contributed by atoms with Crippen LogP contribution >= 0.6 is 0 Å². The van der Waals surface area contributed by atoms with Crippen LogP contribution in [-0.4, -0.2) is 11.1 Å². The van der Waals surface area contributed by atoms with Crippen molar-refractivity contribution in [2.24, 2.45) is 0 Å². The number of hydrogen-bond acceptors (Lipinski definition) is 2. The summed E-state index contributed by atoms with van der Waals surface area (Å²) in [5, 5.41) is 9.01. The topological polar surface area (TPSA) is 46.5 Å². The second kappa shape index (κ2) is 7.01. The van der Waals surface area contributed by atoms with E-state index in [4.69, 9.17) is 9.84 Å². The molecule has 0 unspecified atom stereocenters. The third-order valence-electron chi connectivity index (χ3n) is 3.82. The van der Waals surface area contributed by atoms with Crippen LogP contribution < -0.4 is 4.74 Å². The predicted molar refractivity (Wildman–Crippen MR) is 94.3 cm³/mol. The summed E-state index contributed by atoms with van der Waals surface area (Å²) in [6.45, 7) is 2.41. The van der Waals surface area contributed by atoms with Gasteiger partial charge in [-0.25, -0.2) is 4.79 Å². The Morgan fingerprint density at radius 2 is 1.54 bits per heavy atom. The largest absolute Gasteiger partial charge is 0.489 e. The molecule has 0 aliphatic carbocycles. The molecule has 0 fully saturated rings. The molecule has 3 aromatic carbocycles. The first-order chi connectivity index (χ1) is 11.6. The van der Waals surface area contributed by atoms with E-state index in [9.17, 15) is 4.79 Å². The average Bonchev–Trinajstić information content (AvgIpc) is 2.61. The van der Waals surface area contributed by atoms with E-state index in [1.165, 1.54) is 11.1 Å². The minimum atomic E-state index is -0.931. The lowest BCUT2D eigenvalue weighted by atomic mass is 10.0. The minimum Gasteiger partial charge on any atom is -0.489 e. The Bertz CT molecular complexity index is 834. The normalized spacial score (nSPS) is 10.4. The first kappa shape index (κ1) is 15.8. The number of ether oxygens (including phenoxy) is 1. The Labute approximate surface area is 141 Å². The summed E-state index contributed by atoms with van der Waals surface area (Å²) in [7, 11) is 0. The van der Waals surface area contributed by atoms with Gasteiger partial charge in [0, 0.05) is 0 Å². The molecular weight excluding hydrogens is 300 g/mol. The van der Waals surface area contributed by atoms with Gasteiger partial charge >= 0.3 is 5.97 Å². The number of rotatable bonds is 5. The second-order valence-corrected chi connectivity index (χ2v) is 5.68. The highest BCUT2D eigenvalue weighted by atomic mass is 16.5. The van der Waals surface area contributed by atoms with Gasteiger partial charge < -0.3 is 9.84 Å². The van der Waals surface area contributed by atoms with E-state index in [0.717, 1.165) is 16.9 Å². The molecule has 1 N–H and O–H groups in total. The molecule has 0 aliphatic heterocycles. The molecule has 0 heterocycles. The molecule has 0 aromatic heterocycles. The summed E-state index contributed by atoms with van der Waals surface area (Å²) in [5.74, 6) is -0.175. The standard InChI is InChI=1S/C21H18O3/c1-15-5-7-17(8-6-15)18-9-11-20(12-10-18)24-14-16-3-2-4-19(13-16)21(22)23/h2-13H,14H2,1H3,(H,22,23). The number of carboxylic acid groups (broad SMARTS) is 1. The highest BCUT2D eigenvalue weighted by Gasteiger charge is 2.04. The van der Waals surface area contributed by atoms with Crippen LogP contribution in [0.3, 0.4) is 0 Å². The van der Waals surface area contributed by atoms with Crippen molar-refractivity contribution >= 4 is 5.97 Å². The zero-order valence-electron chi connectivity index (χ0n) is 13.4. The van der Waals surface area contributed by atoms with E-state index in [2.05, 4.69) is 31.2 Å². The van der Waals surface area contributed by atoms with Crippen molar-refractivity contribution in [3.63, 3.8) is 0 Å². The average molecular weight is 318 g/mol. The van der Waals surface area contributed by atoms with E-state index in [1.807, 2.05) is 30.3 Å². The van der Waals surface area contributed by atoms with E-state index >= 15 is 0 Å². The molecule has 0 amide bonds. The van der Waals surface area contributed by atoms with Crippen LogP contribution in [0.15, 0.2) is 72.8 Å². The summed E-state index contributed by atoms with van der Waals surface area (Å²) < 4.78 is 5.74. The summed E-state index contributed by atoms with van der Waals surface area (Å²) >= 11 is 0. The maximum absolute atomic E-state index is 11.0. The lowest BCUT2D eigenvalue weighted by Crippen LogP contribution is -2.00. The molecule has 3 nitrogen and oxygen atoms in total.